The average Bonchev–Trinajstić information content (AvgIpc) is 2.12. The summed E-state index contributed by atoms with van der Waals surface area (Å²) in [7, 11) is 0. The van der Waals surface area contributed by atoms with Gasteiger partial charge in [-0.3, -0.25) is 0 Å². The lowest BCUT2D eigenvalue weighted by atomic mass is 10.4. The smallest absolute Gasteiger partial charge is 0.0136 e. The molecule has 0 N–H and O–H groups in total. The second-order valence-electron chi connectivity index (χ2n) is 1.36. The zero-order valence-electron chi connectivity index (χ0n) is 3.40. The fraction of sp³-hybridized carbons (Fsp3) is 1.00. The monoisotopic (exact) mass is 88.0 g/mol. The van der Waals surface area contributed by atoms with E-state index >= 15 is 0 Å². The van der Waals surface area contributed by atoms with Gasteiger partial charge in [-0.2, -0.15) is 11.8 Å². The van der Waals surface area contributed by atoms with E-state index in [4.69, 9.17) is 0 Å². The van der Waals surface area contributed by atoms with Crippen LogP contribution >= 0.6 is 11.8 Å². The van der Waals surface area contributed by atoms with Gasteiger partial charge in [-0.05, 0) is 6.42 Å². The van der Waals surface area contributed by atoms with E-state index in [1.807, 2.05) is 0 Å². The Morgan fingerprint density at radius 1 is 2.00 bits per heavy atom. The van der Waals surface area contributed by atoms with Gasteiger partial charge in [-0.1, -0.05) is 6.92 Å². The van der Waals surface area contributed by atoms with Crippen molar-refractivity contribution in [3.63, 3.8) is 0 Å². The summed E-state index contributed by atoms with van der Waals surface area (Å²) >= 11 is 2.07. The Balaban J connectivity index is 2.00. The summed E-state index contributed by atoms with van der Waals surface area (Å²) in [5.41, 5.74) is 0. The van der Waals surface area contributed by atoms with Crippen molar-refractivity contribution < 1.29 is 0 Å². The zero-order chi connectivity index (χ0) is 3.70. The highest BCUT2D eigenvalue weighted by Gasteiger charge is 2.18. The van der Waals surface area contributed by atoms with Gasteiger partial charge in [-0.15, -0.1) is 0 Å². The van der Waals surface area contributed by atoms with Gasteiger partial charge < -0.3 is 0 Å². The van der Waals surface area contributed by atoms with Crippen LogP contribution in [0.4, 0.5) is 0 Å². The minimum Gasteiger partial charge on any atom is -0.157 e. The van der Waals surface area contributed by atoms with E-state index in [1.54, 1.807) is 0 Å². The second-order valence-corrected chi connectivity index (χ2v) is 2.70. The SMILES string of the molecule is CCC1CS1. The molecule has 1 rings (SSSR count). The Labute approximate surface area is 37.0 Å². The van der Waals surface area contributed by atoms with E-state index in [0.717, 1.165) is 5.25 Å². The normalized spacial score (nSPS) is 34.2. The summed E-state index contributed by atoms with van der Waals surface area (Å²) in [4.78, 5) is 0. The van der Waals surface area contributed by atoms with Crippen LogP contribution in [0.25, 0.3) is 0 Å². The minimum atomic E-state index is 1.05. The maximum absolute atomic E-state index is 2.24. The molecule has 0 aromatic rings. The quantitative estimate of drug-likeness (QED) is 0.438. The van der Waals surface area contributed by atoms with Crippen molar-refractivity contribution in [1.82, 2.24) is 0 Å². The second kappa shape index (κ2) is 1.21. The van der Waals surface area contributed by atoms with E-state index in [9.17, 15) is 0 Å². The molecule has 1 aliphatic rings. The molecular weight excluding hydrogens is 80.1 g/mol. The number of thioether (sulfide) groups is 1. The maximum Gasteiger partial charge on any atom is 0.0136 e. The van der Waals surface area contributed by atoms with Crippen molar-refractivity contribution in [2.45, 2.75) is 18.6 Å². The molecule has 1 aliphatic heterocycles. The maximum atomic E-state index is 2.24. The molecule has 1 atom stereocenters. The lowest BCUT2D eigenvalue weighted by Crippen LogP contribution is -1.70. The molecule has 0 bridgehead atoms. The van der Waals surface area contributed by atoms with Crippen LogP contribution in [0.15, 0.2) is 0 Å². The summed E-state index contributed by atoms with van der Waals surface area (Å²) in [5, 5.41) is 1.05. The average molecular weight is 88.2 g/mol. The molecule has 1 unspecified atom stereocenters. The molecule has 5 heavy (non-hydrogen) atoms. The van der Waals surface area contributed by atoms with Crippen molar-refractivity contribution in [2.75, 3.05) is 5.75 Å². The fourth-order valence-corrected chi connectivity index (χ4v) is 0.911. The van der Waals surface area contributed by atoms with Crippen LogP contribution in [0.1, 0.15) is 13.3 Å². The highest BCUT2D eigenvalue weighted by molar-refractivity contribution is 8.06. The standard InChI is InChI=1S/C4H8S/c1-2-4-3-5-4/h4H,2-3H2,1H3. The number of hydrogen-bond donors (Lipinski definition) is 0. The summed E-state index contributed by atoms with van der Waals surface area (Å²) < 4.78 is 0. The van der Waals surface area contributed by atoms with E-state index < -0.39 is 0 Å². The summed E-state index contributed by atoms with van der Waals surface area (Å²) in [6, 6.07) is 0. The summed E-state index contributed by atoms with van der Waals surface area (Å²) in [6.07, 6.45) is 1.38. The molecule has 0 nitrogen and oxygen atoms in total. The topological polar surface area (TPSA) is 0 Å². The van der Waals surface area contributed by atoms with Crippen molar-refractivity contribution in [3.8, 4) is 0 Å². The van der Waals surface area contributed by atoms with Crippen molar-refractivity contribution in [3.05, 3.63) is 0 Å². The third-order valence-corrected chi connectivity index (χ3v) is 2.00. The Morgan fingerprint density at radius 3 is 2.60 bits per heavy atom. The van der Waals surface area contributed by atoms with Crippen LogP contribution in [0.3, 0.4) is 0 Å². The predicted octanol–water partition coefficient (Wildman–Crippen LogP) is 1.51. The van der Waals surface area contributed by atoms with Gasteiger partial charge in [0.05, 0.1) is 0 Å². The molecular formula is C4H8S. The van der Waals surface area contributed by atoms with E-state index in [2.05, 4.69) is 18.7 Å². The molecule has 1 fully saturated rings. The first-order chi connectivity index (χ1) is 2.43. The minimum absolute atomic E-state index is 1.05. The van der Waals surface area contributed by atoms with Crippen LogP contribution < -0.4 is 0 Å². The van der Waals surface area contributed by atoms with Gasteiger partial charge in [0, 0.05) is 11.0 Å². The zero-order valence-corrected chi connectivity index (χ0v) is 4.22. The Morgan fingerprint density at radius 2 is 2.60 bits per heavy atom. The molecule has 1 heterocycles. The number of rotatable bonds is 1. The molecule has 0 radical (unpaired) electrons. The predicted molar refractivity (Wildman–Crippen MR) is 26.5 cm³/mol. The molecule has 0 aromatic heterocycles. The molecule has 0 saturated carbocycles. The number of hydrogen-bond acceptors (Lipinski definition) is 1. The first-order valence-corrected chi connectivity index (χ1v) is 3.10. The molecule has 1 heteroatoms. The van der Waals surface area contributed by atoms with Crippen LogP contribution in [0.2, 0.25) is 0 Å². The molecule has 0 spiro atoms. The summed E-state index contributed by atoms with van der Waals surface area (Å²) in [6.45, 7) is 2.24. The first-order valence-electron chi connectivity index (χ1n) is 2.05. The lowest BCUT2D eigenvalue weighted by molar-refractivity contribution is 0.981. The molecule has 1 saturated heterocycles. The third-order valence-electron chi connectivity index (χ3n) is 0.858. The van der Waals surface area contributed by atoms with Gasteiger partial charge in [0.1, 0.15) is 0 Å². The Bertz CT molecular complexity index is 30.6. The molecule has 30 valence electrons. The van der Waals surface area contributed by atoms with Gasteiger partial charge >= 0.3 is 0 Å². The van der Waals surface area contributed by atoms with E-state index in [0.29, 0.717) is 0 Å². The highest BCUT2D eigenvalue weighted by Crippen LogP contribution is 2.32. The summed E-state index contributed by atoms with van der Waals surface area (Å²) in [5.74, 6) is 1.43. The van der Waals surface area contributed by atoms with Crippen molar-refractivity contribution in [1.29, 1.82) is 0 Å². The molecule has 0 aliphatic carbocycles. The molecule has 0 aromatic carbocycles. The van der Waals surface area contributed by atoms with E-state index in [1.165, 1.54) is 12.2 Å². The van der Waals surface area contributed by atoms with Gasteiger partial charge in [0.15, 0.2) is 0 Å². The van der Waals surface area contributed by atoms with Crippen molar-refractivity contribution in [2.24, 2.45) is 0 Å². The van der Waals surface area contributed by atoms with Crippen LogP contribution in [-0.2, 0) is 0 Å². The van der Waals surface area contributed by atoms with Crippen molar-refractivity contribution >= 4 is 11.8 Å². The third kappa shape index (κ3) is 0.839. The van der Waals surface area contributed by atoms with Crippen LogP contribution in [0, 0.1) is 0 Å². The van der Waals surface area contributed by atoms with Gasteiger partial charge in [0.25, 0.3) is 0 Å². The van der Waals surface area contributed by atoms with E-state index in [-0.39, 0.29) is 0 Å². The Hall–Kier alpha value is 0.350. The lowest BCUT2D eigenvalue weighted by Gasteiger charge is -1.70. The van der Waals surface area contributed by atoms with Crippen LogP contribution in [0.5, 0.6) is 0 Å². The van der Waals surface area contributed by atoms with Gasteiger partial charge in [-0.25, -0.2) is 0 Å². The first kappa shape index (κ1) is 3.54. The fourth-order valence-electron chi connectivity index (χ4n) is 0.304. The highest BCUT2D eigenvalue weighted by atomic mass is 32.2. The van der Waals surface area contributed by atoms with Crippen LogP contribution in [-0.4, -0.2) is 11.0 Å². The Kier molecular flexibility index (Phi) is 0.856. The van der Waals surface area contributed by atoms with Gasteiger partial charge in [0.2, 0.25) is 0 Å². The molecule has 0 amide bonds. The largest absolute Gasteiger partial charge is 0.157 e.